The van der Waals surface area contributed by atoms with Crippen LogP contribution in [-0.2, 0) is 9.53 Å². The Kier molecular flexibility index (Phi) is 3.93. The molecule has 0 saturated carbocycles. The fourth-order valence-electron chi connectivity index (χ4n) is 1.52. The number of halogens is 2. The van der Waals surface area contributed by atoms with Gasteiger partial charge in [0.1, 0.15) is 13.2 Å². The zero-order valence-corrected chi connectivity index (χ0v) is 10.8. The maximum atomic E-state index is 11.7. The Morgan fingerprint density at radius 2 is 2.22 bits per heavy atom. The number of anilines is 1. The molecule has 1 saturated heterocycles. The highest BCUT2D eigenvalue weighted by Gasteiger charge is 2.24. The quantitative estimate of drug-likeness (QED) is 0.929. The predicted molar refractivity (Wildman–Crippen MR) is 68.0 cm³/mol. The molecule has 7 heteroatoms. The minimum atomic E-state index is -0.479. The Morgan fingerprint density at radius 1 is 1.44 bits per heavy atom. The number of cyclic esters (lactones) is 1. The van der Waals surface area contributed by atoms with Gasteiger partial charge in [-0.25, -0.2) is 4.79 Å². The fourth-order valence-corrected chi connectivity index (χ4v) is 1.98. The number of rotatable bonds is 3. The number of benzene rings is 1. The van der Waals surface area contributed by atoms with Crippen LogP contribution in [-0.4, -0.2) is 36.6 Å². The Labute approximate surface area is 114 Å². The third-order valence-electron chi connectivity index (χ3n) is 2.38. The molecule has 0 radical (unpaired) electrons. The summed E-state index contributed by atoms with van der Waals surface area (Å²) in [5.41, 5.74) is 0.457. The van der Waals surface area contributed by atoms with Gasteiger partial charge in [0.25, 0.3) is 0 Å². The highest BCUT2D eigenvalue weighted by atomic mass is 35.5. The molecule has 0 unspecified atom stereocenters. The summed E-state index contributed by atoms with van der Waals surface area (Å²) in [5, 5.41) is 3.44. The van der Waals surface area contributed by atoms with Gasteiger partial charge in [0.2, 0.25) is 5.91 Å². The van der Waals surface area contributed by atoms with Crippen LogP contribution in [0.1, 0.15) is 0 Å². The molecule has 0 bridgehead atoms. The maximum Gasteiger partial charge on any atom is 0.410 e. The average Bonchev–Trinajstić information content (AvgIpc) is 2.69. The van der Waals surface area contributed by atoms with E-state index in [0.29, 0.717) is 28.9 Å². The van der Waals surface area contributed by atoms with Crippen molar-refractivity contribution >= 4 is 40.9 Å². The first-order chi connectivity index (χ1) is 8.56. The van der Waals surface area contributed by atoms with E-state index < -0.39 is 6.09 Å². The summed E-state index contributed by atoms with van der Waals surface area (Å²) < 4.78 is 4.72. The van der Waals surface area contributed by atoms with Crippen molar-refractivity contribution in [3.05, 3.63) is 28.2 Å². The molecule has 1 N–H and O–H groups in total. The van der Waals surface area contributed by atoms with E-state index in [1.165, 1.54) is 11.0 Å². The summed E-state index contributed by atoms with van der Waals surface area (Å²) in [6, 6.07) is 4.75. The summed E-state index contributed by atoms with van der Waals surface area (Å²) in [6.45, 7) is 0.673. The lowest BCUT2D eigenvalue weighted by molar-refractivity contribution is -0.116. The van der Waals surface area contributed by atoms with E-state index in [-0.39, 0.29) is 12.5 Å². The lowest BCUT2D eigenvalue weighted by atomic mass is 10.3. The molecule has 1 aromatic rings. The van der Waals surface area contributed by atoms with Crippen LogP contribution in [0.3, 0.4) is 0 Å². The van der Waals surface area contributed by atoms with Gasteiger partial charge in [-0.2, -0.15) is 0 Å². The van der Waals surface area contributed by atoms with E-state index in [1.54, 1.807) is 12.1 Å². The topological polar surface area (TPSA) is 58.6 Å². The number of amides is 2. The SMILES string of the molecule is O=C(CN1CCOC1=O)Nc1ccc(Cl)cc1Cl. The molecule has 1 fully saturated rings. The van der Waals surface area contributed by atoms with Gasteiger partial charge in [-0.05, 0) is 18.2 Å². The Balaban J connectivity index is 1.96. The zero-order valence-electron chi connectivity index (χ0n) is 9.28. The number of nitrogens with one attached hydrogen (secondary N) is 1. The molecule has 18 heavy (non-hydrogen) atoms. The van der Waals surface area contributed by atoms with E-state index in [2.05, 4.69) is 5.32 Å². The first kappa shape index (κ1) is 13.0. The molecule has 0 aromatic heterocycles. The van der Waals surface area contributed by atoms with Gasteiger partial charge in [0.15, 0.2) is 0 Å². The second kappa shape index (κ2) is 5.46. The summed E-state index contributed by atoms with van der Waals surface area (Å²) in [5.74, 6) is -0.335. The van der Waals surface area contributed by atoms with E-state index in [9.17, 15) is 9.59 Å². The molecule has 1 aromatic carbocycles. The summed E-state index contributed by atoms with van der Waals surface area (Å²) in [7, 11) is 0. The summed E-state index contributed by atoms with van der Waals surface area (Å²) in [6.07, 6.45) is -0.479. The van der Waals surface area contributed by atoms with Gasteiger partial charge in [0, 0.05) is 5.02 Å². The molecule has 1 heterocycles. The number of carbonyl (C=O) groups is 2. The van der Waals surface area contributed by atoms with Gasteiger partial charge in [-0.1, -0.05) is 23.2 Å². The molecule has 0 aliphatic carbocycles. The molecule has 1 aliphatic heterocycles. The number of hydrogen-bond donors (Lipinski definition) is 1. The van der Waals surface area contributed by atoms with Crippen molar-refractivity contribution in [2.75, 3.05) is 25.0 Å². The van der Waals surface area contributed by atoms with Crippen LogP contribution < -0.4 is 5.32 Å². The smallest absolute Gasteiger partial charge is 0.410 e. The van der Waals surface area contributed by atoms with Crippen LogP contribution in [0.4, 0.5) is 10.5 Å². The van der Waals surface area contributed by atoms with Crippen molar-refractivity contribution < 1.29 is 14.3 Å². The molecule has 0 spiro atoms. The highest BCUT2D eigenvalue weighted by Crippen LogP contribution is 2.25. The zero-order chi connectivity index (χ0) is 13.1. The second-order valence-electron chi connectivity index (χ2n) is 3.71. The Hall–Kier alpha value is -1.46. The third-order valence-corrected chi connectivity index (χ3v) is 2.93. The van der Waals surface area contributed by atoms with Crippen molar-refractivity contribution in [1.82, 2.24) is 4.90 Å². The van der Waals surface area contributed by atoms with E-state index >= 15 is 0 Å². The summed E-state index contributed by atoms with van der Waals surface area (Å²) >= 11 is 11.7. The lowest BCUT2D eigenvalue weighted by Gasteiger charge is -2.13. The van der Waals surface area contributed by atoms with Crippen LogP contribution in [0, 0.1) is 0 Å². The number of nitrogens with zero attached hydrogens (tertiary/aromatic N) is 1. The van der Waals surface area contributed by atoms with E-state index in [1.807, 2.05) is 0 Å². The van der Waals surface area contributed by atoms with Crippen LogP contribution in [0.5, 0.6) is 0 Å². The van der Waals surface area contributed by atoms with Crippen molar-refractivity contribution in [2.45, 2.75) is 0 Å². The molecular weight excluding hydrogens is 279 g/mol. The molecule has 1 aliphatic rings. The largest absolute Gasteiger partial charge is 0.448 e. The molecule has 5 nitrogen and oxygen atoms in total. The monoisotopic (exact) mass is 288 g/mol. The molecule has 0 atom stereocenters. The normalized spacial score (nSPS) is 14.6. The van der Waals surface area contributed by atoms with Gasteiger partial charge < -0.3 is 10.1 Å². The molecule has 2 rings (SSSR count). The van der Waals surface area contributed by atoms with E-state index in [0.717, 1.165) is 0 Å². The van der Waals surface area contributed by atoms with E-state index in [4.69, 9.17) is 27.9 Å². The minimum absolute atomic E-state index is 0.0577. The lowest BCUT2D eigenvalue weighted by Crippen LogP contribution is -2.33. The standard InChI is InChI=1S/C11H10Cl2N2O3/c12-7-1-2-9(8(13)5-7)14-10(16)6-15-3-4-18-11(15)17/h1-2,5H,3-4,6H2,(H,14,16). The van der Waals surface area contributed by atoms with Crippen molar-refractivity contribution in [3.8, 4) is 0 Å². The van der Waals surface area contributed by atoms with Crippen LogP contribution in [0.25, 0.3) is 0 Å². The van der Waals surface area contributed by atoms with Crippen LogP contribution >= 0.6 is 23.2 Å². The third kappa shape index (κ3) is 3.05. The number of carbonyl (C=O) groups excluding carboxylic acids is 2. The van der Waals surface area contributed by atoms with Crippen molar-refractivity contribution in [1.29, 1.82) is 0 Å². The van der Waals surface area contributed by atoms with Gasteiger partial charge in [-0.3, -0.25) is 9.69 Å². The minimum Gasteiger partial charge on any atom is -0.448 e. The first-order valence-electron chi connectivity index (χ1n) is 5.23. The molecule has 96 valence electrons. The van der Waals surface area contributed by atoms with Gasteiger partial charge >= 0.3 is 6.09 Å². The Morgan fingerprint density at radius 3 is 2.83 bits per heavy atom. The predicted octanol–water partition coefficient (Wildman–Crippen LogP) is 2.38. The van der Waals surface area contributed by atoms with Crippen LogP contribution in [0.15, 0.2) is 18.2 Å². The molecule has 2 amide bonds. The first-order valence-corrected chi connectivity index (χ1v) is 5.98. The Bertz CT molecular complexity index is 493. The van der Waals surface area contributed by atoms with Crippen LogP contribution in [0.2, 0.25) is 10.0 Å². The molecular formula is C11H10Cl2N2O3. The maximum absolute atomic E-state index is 11.7. The highest BCUT2D eigenvalue weighted by molar-refractivity contribution is 6.36. The van der Waals surface area contributed by atoms with Gasteiger partial charge in [0.05, 0.1) is 17.3 Å². The number of ether oxygens (including phenoxy) is 1. The number of hydrogen-bond acceptors (Lipinski definition) is 3. The fraction of sp³-hybridized carbons (Fsp3) is 0.273. The average molecular weight is 289 g/mol. The van der Waals surface area contributed by atoms with Gasteiger partial charge in [-0.15, -0.1) is 0 Å². The van der Waals surface area contributed by atoms with Crippen molar-refractivity contribution in [2.24, 2.45) is 0 Å². The van der Waals surface area contributed by atoms with Crippen molar-refractivity contribution in [3.63, 3.8) is 0 Å². The summed E-state index contributed by atoms with van der Waals surface area (Å²) in [4.78, 5) is 24.2. The second-order valence-corrected chi connectivity index (χ2v) is 4.55.